The van der Waals surface area contributed by atoms with Gasteiger partial charge in [0.15, 0.2) is 0 Å². The van der Waals surface area contributed by atoms with E-state index in [4.69, 9.17) is 15.3 Å². The van der Waals surface area contributed by atoms with Gasteiger partial charge in [-0.25, -0.2) is 0 Å². The summed E-state index contributed by atoms with van der Waals surface area (Å²) in [5, 5.41) is 36.7. The summed E-state index contributed by atoms with van der Waals surface area (Å²) < 4.78 is 0. The summed E-state index contributed by atoms with van der Waals surface area (Å²) in [7, 11) is 0. The SMILES string of the molecule is OC[C@@H]1[Se]C[C@H](O)[C@H](O)[C@H]1O. The van der Waals surface area contributed by atoms with Gasteiger partial charge in [0.2, 0.25) is 0 Å². The van der Waals surface area contributed by atoms with Gasteiger partial charge in [0.05, 0.1) is 0 Å². The second-order valence-corrected chi connectivity index (χ2v) is 5.27. The van der Waals surface area contributed by atoms with Gasteiger partial charge in [-0.1, -0.05) is 0 Å². The molecule has 0 unspecified atom stereocenters. The molecular weight excluding hydrogens is 215 g/mol. The molecule has 66 valence electrons. The fourth-order valence-corrected chi connectivity index (χ4v) is 3.35. The van der Waals surface area contributed by atoms with Gasteiger partial charge in [-0.3, -0.25) is 0 Å². The Morgan fingerprint density at radius 1 is 1.18 bits per heavy atom. The first-order chi connectivity index (χ1) is 5.16. The van der Waals surface area contributed by atoms with Crippen LogP contribution in [0.4, 0.5) is 0 Å². The molecule has 5 heteroatoms. The predicted octanol–water partition coefficient (Wildman–Crippen LogP) is -2.01. The minimum atomic E-state index is -1.08. The molecule has 4 N–H and O–H groups in total. The molecule has 0 radical (unpaired) electrons. The third-order valence-electron chi connectivity index (χ3n) is 1.79. The topological polar surface area (TPSA) is 80.9 Å². The Bertz CT molecular complexity index is 130. The number of aliphatic hydroxyl groups excluding tert-OH is 4. The van der Waals surface area contributed by atoms with Crippen molar-refractivity contribution in [3.05, 3.63) is 0 Å². The van der Waals surface area contributed by atoms with E-state index in [2.05, 4.69) is 0 Å². The summed E-state index contributed by atoms with van der Waals surface area (Å²) in [4.78, 5) is -0.221. The number of hydrogen-bond donors (Lipinski definition) is 4. The van der Waals surface area contributed by atoms with Crippen LogP contribution in [0.5, 0.6) is 0 Å². The third kappa shape index (κ3) is 1.93. The van der Waals surface area contributed by atoms with E-state index in [0.717, 1.165) is 0 Å². The molecule has 4 atom stereocenters. The number of hydrogen-bond acceptors (Lipinski definition) is 4. The van der Waals surface area contributed by atoms with E-state index < -0.39 is 18.3 Å². The van der Waals surface area contributed by atoms with Crippen LogP contribution < -0.4 is 0 Å². The van der Waals surface area contributed by atoms with E-state index >= 15 is 0 Å². The van der Waals surface area contributed by atoms with Crippen LogP contribution in [0.3, 0.4) is 0 Å². The molecule has 0 spiro atoms. The van der Waals surface area contributed by atoms with Crippen molar-refractivity contribution in [3.63, 3.8) is 0 Å². The van der Waals surface area contributed by atoms with E-state index in [1.165, 1.54) is 0 Å². The second-order valence-electron chi connectivity index (χ2n) is 2.60. The zero-order chi connectivity index (χ0) is 8.43. The van der Waals surface area contributed by atoms with Crippen LogP contribution in [0.25, 0.3) is 0 Å². The number of rotatable bonds is 1. The van der Waals surface area contributed by atoms with E-state index in [1.807, 2.05) is 0 Å². The van der Waals surface area contributed by atoms with Gasteiger partial charge in [0.25, 0.3) is 0 Å². The van der Waals surface area contributed by atoms with E-state index in [1.54, 1.807) is 0 Å². The summed E-state index contributed by atoms with van der Waals surface area (Å²) in [5.74, 6) is 0. The van der Waals surface area contributed by atoms with Crippen LogP contribution in [-0.4, -0.2) is 60.3 Å². The molecule has 1 fully saturated rings. The Balaban J connectivity index is 2.52. The van der Waals surface area contributed by atoms with Crippen LogP contribution in [0.15, 0.2) is 0 Å². The third-order valence-corrected chi connectivity index (χ3v) is 4.70. The summed E-state index contributed by atoms with van der Waals surface area (Å²) >= 11 is 0.0345. The molecule has 1 heterocycles. The summed E-state index contributed by atoms with van der Waals surface area (Å²) in [6.45, 7) is -0.106. The molecule has 0 aromatic carbocycles. The zero-order valence-corrected chi connectivity index (χ0v) is 7.63. The fourth-order valence-electron chi connectivity index (χ4n) is 1.03. The van der Waals surface area contributed by atoms with Crippen molar-refractivity contribution in [1.29, 1.82) is 0 Å². The molecule has 1 aliphatic rings. The molecular formula is C6H12O4Se. The van der Waals surface area contributed by atoms with Crippen molar-refractivity contribution in [1.82, 2.24) is 0 Å². The van der Waals surface area contributed by atoms with Gasteiger partial charge < -0.3 is 0 Å². The molecule has 11 heavy (non-hydrogen) atoms. The van der Waals surface area contributed by atoms with Gasteiger partial charge >= 0.3 is 70.4 Å². The van der Waals surface area contributed by atoms with Crippen molar-refractivity contribution >= 4 is 15.0 Å². The molecule has 1 rings (SSSR count). The molecule has 0 amide bonds. The van der Waals surface area contributed by atoms with Crippen LogP contribution in [0.2, 0.25) is 10.1 Å². The van der Waals surface area contributed by atoms with Crippen molar-refractivity contribution in [2.75, 3.05) is 6.61 Å². The van der Waals surface area contributed by atoms with Gasteiger partial charge in [-0.2, -0.15) is 0 Å². The first-order valence-corrected chi connectivity index (χ1v) is 5.63. The maximum absolute atomic E-state index is 9.25. The van der Waals surface area contributed by atoms with Crippen LogP contribution in [-0.2, 0) is 0 Å². The van der Waals surface area contributed by atoms with Crippen molar-refractivity contribution in [3.8, 4) is 0 Å². The van der Waals surface area contributed by atoms with Crippen molar-refractivity contribution in [2.45, 2.75) is 28.4 Å². The molecule has 1 saturated heterocycles. The second kappa shape index (κ2) is 3.85. The summed E-state index contributed by atoms with van der Waals surface area (Å²) in [6, 6.07) is 0. The Morgan fingerprint density at radius 2 is 1.82 bits per heavy atom. The normalized spacial score (nSPS) is 45.8. The molecule has 0 bridgehead atoms. The van der Waals surface area contributed by atoms with Gasteiger partial charge in [0.1, 0.15) is 0 Å². The first-order valence-electron chi connectivity index (χ1n) is 3.43. The first kappa shape index (κ1) is 9.45. The Morgan fingerprint density at radius 3 is 2.36 bits per heavy atom. The summed E-state index contributed by atoms with van der Waals surface area (Å²) in [5.41, 5.74) is 0. The van der Waals surface area contributed by atoms with Gasteiger partial charge in [0, 0.05) is 0 Å². The molecule has 0 aromatic heterocycles. The molecule has 0 saturated carbocycles. The Labute approximate surface area is 71.0 Å². The molecule has 0 aliphatic carbocycles. The monoisotopic (exact) mass is 228 g/mol. The van der Waals surface area contributed by atoms with Gasteiger partial charge in [-0.05, 0) is 0 Å². The van der Waals surface area contributed by atoms with Crippen LogP contribution in [0.1, 0.15) is 0 Å². The van der Waals surface area contributed by atoms with Crippen molar-refractivity contribution < 1.29 is 20.4 Å². The van der Waals surface area contributed by atoms with Crippen molar-refractivity contribution in [2.24, 2.45) is 0 Å². The van der Waals surface area contributed by atoms with E-state index in [0.29, 0.717) is 5.32 Å². The summed E-state index contributed by atoms with van der Waals surface area (Å²) in [6.07, 6.45) is -2.85. The standard InChI is InChI=1S/C6H12O4Se/c7-1-4-6(10)5(9)3(8)2-11-4/h3-10H,1-2H2/t3-,4-,5-,6-/m0/s1. The Kier molecular flexibility index (Phi) is 3.30. The van der Waals surface area contributed by atoms with Crippen LogP contribution in [0, 0.1) is 0 Å². The predicted molar refractivity (Wildman–Crippen MR) is 39.4 cm³/mol. The average Bonchev–Trinajstić information content (AvgIpc) is 2.01. The van der Waals surface area contributed by atoms with Gasteiger partial charge in [-0.15, -0.1) is 0 Å². The average molecular weight is 227 g/mol. The number of aliphatic hydroxyl groups is 4. The quantitative estimate of drug-likeness (QED) is 0.390. The molecule has 0 aromatic rings. The minimum absolute atomic E-state index is 0.0345. The Hall–Kier alpha value is 0.359. The van der Waals surface area contributed by atoms with E-state index in [9.17, 15) is 5.11 Å². The van der Waals surface area contributed by atoms with E-state index in [-0.39, 0.29) is 26.4 Å². The molecule has 1 aliphatic heterocycles. The molecule has 4 nitrogen and oxygen atoms in total. The van der Waals surface area contributed by atoms with Crippen LogP contribution >= 0.6 is 0 Å². The fraction of sp³-hybridized carbons (Fsp3) is 1.00. The zero-order valence-electron chi connectivity index (χ0n) is 5.92. The maximum atomic E-state index is 9.25.